The number of hydrogen-bond acceptors (Lipinski definition) is 4. The molecule has 1 heterocycles. The van der Waals surface area contributed by atoms with Crippen molar-refractivity contribution in [2.45, 2.75) is 36.1 Å². The Kier molecular flexibility index (Phi) is 7.43. The van der Waals surface area contributed by atoms with Gasteiger partial charge in [-0.15, -0.1) is 21.6 Å². The first-order valence-corrected chi connectivity index (χ1v) is 12.5. The Balaban J connectivity index is 1.52. The molecule has 0 bridgehead atoms. The lowest BCUT2D eigenvalue weighted by molar-refractivity contribution is -0.274. The van der Waals surface area contributed by atoms with Crippen molar-refractivity contribution in [1.82, 2.24) is 0 Å². The SMILES string of the molecule is O=S(=O)([N+]#CC1CCO[C@H](C(c2ccccc2)c2ccccc2)C1)c1ccc(OC(F)(F)F)cc1. The van der Waals surface area contributed by atoms with E-state index in [2.05, 4.69) is 15.1 Å². The Morgan fingerprint density at radius 2 is 1.49 bits per heavy atom. The molecule has 1 saturated heterocycles. The number of nitrogens with zero attached hydrogens (tertiary/aromatic N) is 1. The maximum atomic E-state index is 12.6. The first-order chi connectivity index (χ1) is 16.7. The molecule has 0 N–H and O–H groups in total. The average Bonchev–Trinajstić information content (AvgIpc) is 2.84. The van der Waals surface area contributed by atoms with Crippen LogP contribution in [0.3, 0.4) is 0 Å². The van der Waals surface area contributed by atoms with E-state index in [0.717, 1.165) is 35.4 Å². The van der Waals surface area contributed by atoms with Crippen molar-refractivity contribution in [2.24, 2.45) is 5.92 Å². The van der Waals surface area contributed by atoms with E-state index in [4.69, 9.17) is 4.74 Å². The van der Waals surface area contributed by atoms with Gasteiger partial charge in [0.15, 0.2) is 4.90 Å². The topological polar surface area (TPSA) is 57.0 Å². The van der Waals surface area contributed by atoms with Crippen molar-refractivity contribution in [1.29, 1.82) is 0 Å². The third-order valence-corrected chi connectivity index (χ3v) is 6.93. The Morgan fingerprint density at radius 3 is 2.03 bits per heavy atom. The summed E-state index contributed by atoms with van der Waals surface area (Å²) < 4.78 is 75.8. The van der Waals surface area contributed by atoms with Crippen LogP contribution in [-0.2, 0) is 14.8 Å². The first kappa shape index (κ1) is 24.8. The van der Waals surface area contributed by atoms with Crippen LogP contribution in [-0.4, -0.2) is 27.5 Å². The Labute approximate surface area is 202 Å². The highest BCUT2D eigenvalue weighted by Crippen LogP contribution is 2.36. The van der Waals surface area contributed by atoms with E-state index in [0.29, 0.717) is 19.4 Å². The lowest BCUT2D eigenvalue weighted by Crippen LogP contribution is -2.31. The van der Waals surface area contributed by atoms with Crippen LogP contribution in [0.15, 0.2) is 89.8 Å². The maximum absolute atomic E-state index is 12.6. The van der Waals surface area contributed by atoms with Crippen molar-refractivity contribution >= 4 is 10.0 Å². The molecule has 1 fully saturated rings. The molecule has 2 atom stereocenters. The molecule has 0 amide bonds. The van der Waals surface area contributed by atoms with Crippen LogP contribution in [0, 0.1) is 12.0 Å². The summed E-state index contributed by atoms with van der Waals surface area (Å²) in [7, 11) is -4.13. The van der Waals surface area contributed by atoms with Crippen molar-refractivity contribution in [2.75, 3.05) is 6.61 Å². The van der Waals surface area contributed by atoms with Gasteiger partial charge < -0.3 is 9.47 Å². The minimum atomic E-state index is -4.86. The minimum absolute atomic E-state index is 0.0419. The summed E-state index contributed by atoms with van der Waals surface area (Å²) in [4.78, 5) is -0.241. The predicted octanol–water partition coefficient (Wildman–Crippen LogP) is 6.23. The van der Waals surface area contributed by atoms with E-state index in [1.807, 2.05) is 60.7 Å². The van der Waals surface area contributed by atoms with Gasteiger partial charge in [-0.1, -0.05) is 60.7 Å². The number of sulfonamides is 1. The zero-order chi connectivity index (χ0) is 24.9. The average molecular weight is 503 g/mol. The number of alkyl halides is 3. The summed E-state index contributed by atoms with van der Waals surface area (Å²) >= 11 is 0. The molecule has 0 radical (unpaired) electrons. The van der Waals surface area contributed by atoms with Gasteiger partial charge in [-0.05, 0) is 48.2 Å². The number of halogens is 3. The monoisotopic (exact) mass is 502 g/mol. The molecule has 0 aromatic heterocycles. The van der Waals surface area contributed by atoms with Crippen molar-refractivity contribution in [3.05, 3.63) is 100 Å². The fourth-order valence-electron chi connectivity index (χ4n) is 4.13. The molecule has 1 aliphatic rings. The van der Waals surface area contributed by atoms with Gasteiger partial charge in [0.1, 0.15) is 5.75 Å². The smallest absolute Gasteiger partial charge is 0.406 e. The molecule has 9 heteroatoms. The molecular formula is C26H23F3NO4S+. The lowest BCUT2D eigenvalue weighted by Gasteiger charge is -2.32. The Hall–Kier alpha value is -3.35. The minimum Gasteiger partial charge on any atom is -0.406 e. The third kappa shape index (κ3) is 6.62. The molecule has 0 spiro atoms. The summed E-state index contributed by atoms with van der Waals surface area (Å²) in [6, 6.07) is 26.6. The summed E-state index contributed by atoms with van der Waals surface area (Å²) in [5, 5.41) is 0. The van der Waals surface area contributed by atoms with Crippen LogP contribution < -0.4 is 4.74 Å². The molecule has 5 nitrogen and oxygen atoms in total. The summed E-state index contributed by atoms with van der Waals surface area (Å²) in [6.07, 6.45) is -3.98. The van der Waals surface area contributed by atoms with Gasteiger partial charge in [0.2, 0.25) is 0 Å². The van der Waals surface area contributed by atoms with Gasteiger partial charge >= 0.3 is 22.5 Å². The Bertz CT molecular complexity index is 1250. The fourth-order valence-corrected chi connectivity index (χ4v) is 5.00. The highest BCUT2D eigenvalue weighted by molar-refractivity contribution is 7.93. The zero-order valence-corrected chi connectivity index (χ0v) is 19.4. The molecule has 35 heavy (non-hydrogen) atoms. The molecular weight excluding hydrogens is 479 g/mol. The van der Waals surface area contributed by atoms with E-state index >= 15 is 0 Å². The molecule has 3 aromatic rings. The van der Waals surface area contributed by atoms with Crippen LogP contribution in [0.25, 0.3) is 4.25 Å². The quantitative estimate of drug-likeness (QED) is 0.415. The maximum Gasteiger partial charge on any atom is 0.573 e. The van der Waals surface area contributed by atoms with Gasteiger partial charge in [0.25, 0.3) is 0 Å². The summed E-state index contributed by atoms with van der Waals surface area (Å²) in [5.41, 5.74) is 2.19. The van der Waals surface area contributed by atoms with Gasteiger partial charge in [-0.3, -0.25) is 0 Å². The number of rotatable bonds is 5. The van der Waals surface area contributed by atoms with Crippen LogP contribution >= 0.6 is 0 Å². The fraction of sp³-hybridized carbons (Fsp3) is 0.269. The van der Waals surface area contributed by atoms with Crippen molar-refractivity contribution in [3.63, 3.8) is 0 Å². The second-order valence-electron chi connectivity index (χ2n) is 8.14. The highest BCUT2D eigenvalue weighted by Gasteiger charge is 2.34. The molecule has 0 saturated carbocycles. The van der Waals surface area contributed by atoms with Crippen LogP contribution in [0.2, 0.25) is 0 Å². The second-order valence-corrected chi connectivity index (χ2v) is 9.75. The highest BCUT2D eigenvalue weighted by atomic mass is 32.2. The normalized spacial score (nSPS) is 18.5. The van der Waals surface area contributed by atoms with Gasteiger partial charge in [0, 0.05) is 12.5 Å². The van der Waals surface area contributed by atoms with E-state index in [1.54, 1.807) is 0 Å². The van der Waals surface area contributed by atoms with Crippen LogP contribution in [0.1, 0.15) is 29.9 Å². The number of ether oxygens (including phenoxy) is 2. The zero-order valence-electron chi connectivity index (χ0n) is 18.6. The second kappa shape index (κ2) is 10.5. The van der Waals surface area contributed by atoms with E-state index < -0.39 is 22.1 Å². The lowest BCUT2D eigenvalue weighted by atomic mass is 9.81. The van der Waals surface area contributed by atoms with E-state index in [1.165, 1.54) is 0 Å². The van der Waals surface area contributed by atoms with Crippen molar-refractivity contribution < 1.29 is 31.1 Å². The molecule has 3 aromatic carbocycles. The first-order valence-electron chi connectivity index (χ1n) is 11.0. The van der Waals surface area contributed by atoms with Crippen LogP contribution in [0.4, 0.5) is 13.2 Å². The number of hydrogen-bond donors (Lipinski definition) is 0. The third-order valence-electron chi connectivity index (χ3n) is 5.71. The van der Waals surface area contributed by atoms with Crippen molar-refractivity contribution in [3.8, 4) is 11.8 Å². The van der Waals surface area contributed by atoms with Crippen LogP contribution in [0.5, 0.6) is 5.75 Å². The molecule has 4 rings (SSSR count). The van der Waals surface area contributed by atoms with Gasteiger partial charge in [0.05, 0.1) is 16.3 Å². The predicted molar refractivity (Wildman–Crippen MR) is 125 cm³/mol. The standard InChI is InChI=1S/C26H23F3NO4S/c27-26(28,29)34-22-11-13-23(14-12-22)35(31,32)30-18-19-15-16-33-24(17-19)25(20-7-3-1-4-8-20)21-9-5-2-6-10-21/h1-14,19,24-25H,15-17H2/q+1/t19?,24-/m0/s1. The number of benzene rings is 3. The molecule has 0 aliphatic carbocycles. The molecule has 1 unspecified atom stereocenters. The molecule has 1 aliphatic heterocycles. The largest absolute Gasteiger partial charge is 0.573 e. The van der Waals surface area contributed by atoms with Gasteiger partial charge in [-0.2, -0.15) is 0 Å². The van der Waals surface area contributed by atoms with Gasteiger partial charge in [-0.25, -0.2) is 0 Å². The summed E-state index contributed by atoms with van der Waals surface area (Å²) in [6.45, 7) is 0.428. The van der Waals surface area contributed by atoms with E-state index in [-0.39, 0.29) is 22.8 Å². The summed E-state index contributed by atoms with van der Waals surface area (Å²) in [5.74, 6) is -0.810. The van der Waals surface area contributed by atoms with E-state index in [9.17, 15) is 21.6 Å². The molecule has 182 valence electrons. The Morgan fingerprint density at radius 1 is 0.914 bits per heavy atom.